The lowest BCUT2D eigenvalue weighted by Gasteiger charge is -2.10. The molecule has 0 spiro atoms. The van der Waals surface area contributed by atoms with Gasteiger partial charge < -0.3 is 14.8 Å². The molecule has 11 nitrogen and oxygen atoms in total. The lowest BCUT2D eigenvalue weighted by molar-refractivity contribution is -0.384. The Kier molecular flexibility index (Phi) is 10.1. The molecule has 0 aromatic heterocycles. The van der Waals surface area contributed by atoms with E-state index in [4.69, 9.17) is 9.47 Å². The van der Waals surface area contributed by atoms with Crippen molar-refractivity contribution in [3.8, 4) is 11.5 Å². The number of esters is 1. The number of halogens is 1. The van der Waals surface area contributed by atoms with Crippen LogP contribution in [-0.4, -0.2) is 42.6 Å². The number of hydrogen-bond acceptors (Lipinski definition) is 8. The largest absolute Gasteiger partial charge is 0.493 e. The van der Waals surface area contributed by atoms with Crippen molar-refractivity contribution in [3.05, 3.63) is 98.0 Å². The minimum atomic E-state index is -0.784. The van der Waals surface area contributed by atoms with E-state index in [1.54, 1.807) is 30.3 Å². The Morgan fingerprint density at radius 3 is 2.58 bits per heavy atom. The second-order valence-electron chi connectivity index (χ2n) is 7.74. The summed E-state index contributed by atoms with van der Waals surface area (Å²) in [7, 11) is 1.39. The minimum Gasteiger partial charge on any atom is -0.493 e. The van der Waals surface area contributed by atoms with Gasteiger partial charge in [-0.25, -0.2) is 10.2 Å². The molecule has 0 saturated carbocycles. The van der Waals surface area contributed by atoms with Gasteiger partial charge in [0, 0.05) is 29.6 Å². The van der Waals surface area contributed by atoms with Gasteiger partial charge in [0.05, 0.1) is 29.4 Å². The van der Waals surface area contributed by atoms with Gasteiger partial charge in [0.15, 0.2) is 11.5 Å². The fourth-order valence-electron chi connectivity index (χ4n) is 3.18. The van der Waals surface area contributed by atoms with Crippen LogP contribution in [-0.2, 0) is 4.79 Å². The van der Waals surface area contributed by atoms with E-state index < -0.39 is 10.9 Å². The normalized spacial score (nSPS) is 10.6. The van der Waals surface area contributed by atoms with Gasteiger partial charge in [-0.1, -0.05) is 18.2 Å². The lowest BCUT2D eigenvalue weighted by Crippen LogP contribution is -2.26. The highest BCUT2D eigenvalue weighted by Gasteiger charge is 2.16. The Hall–Kier alpha value is -4.58. The number of nitro groups is 1. The van der Waals surface area contributed by atoms with Crippen molar-refractivity contribution in [2.45, 2.75) is 12.8 Å². The van der Waals surface area contributed by atoms with Gasteiger partial charge in [-0.15, -0.1) is 0 Å². The van der Waals surface area contributed by atoms with Gasteiger partial charge in [-0.2, -0.15) is 5.10 Å². The number of nitrogens with zero attached hydrogens (tertiary/aromatic N) is 2. The third-order valence-electron chi connectivity index (χ3n) is 5.07. The molecule has 38 heavy (non-hydrogen) atoms. The molecule has 0 aliphatic carbocycles. The lowest BCUT2D eigenvalue weighted by atomic mass is 10.2. The maximum atomic E-state index is 12.4. The highest BCUT2D eigenvalue weighted by molar-refractivity contribution is 9.10. The summed E-state index contributed by atoms with van der Waals surface area (Å²) >= 11 is 3.33. The van der Waals surface area contributed by atoms with Gasteiger partial charge in [0.2, 0.25) is 5.91 Å². The molecule has 0 bridgehead atoms. The molecule has 0 unspecified atom stereocenters. The molecule has 0 heterocycles. The zero-order valence-electron chi connectivity index (χ0n) is 20.2. The first-order chi connectivity index (χ1) is 18.3. The standard InChI is InChI=1S/C26H23BrN4O7/c1-37-23-14-17(11-12-22(23)38-26(34)18-6-4-7-19(15-18)31(35)36)16-29-30-24(32)10-5-13-28-25(33)20-8-2-3-9-21(20)27/h2-4,6-9,11-12,14-16H,5,10,13H2,1H3,(H,28,33)(H,30,32). The molecule has 0 aliphatic heterocycles. The molecule has 2 amide bonds. The molecule has 2 N–H and O–H groups in total. The van der Waals surface area contributed by atoms with Gasteiger partial charge in [-0.3, -0.25) is 19.7 Å². The number of hydrazone groups is 1. The number of ether oxygens (including phenoxy) is 2. The van der Waals surface area contributed by atoms with Crippen LogP contribution in [0.15, 0.2) is 76.3 Å². The van der Waals surface area contributed by atoms with Gasteiger partial charge >= 0.3 is 5.97 Å². The van der Waals surface area contributed by atoms with E-state index in [9.17, 15) is 24.5 Å². The second-order valence-corrected chi connectivity index (χ2v) is 8.59. The van der Waals surface area contributed by atoms with Crippen molar-refractivity contribution in [2.24, 2.45) is 5.10 Å². The van der Waals surface area contributed by atoms with Gasteiger partial charge in [0.25, 0.3) is 11.6 Å². The predicted octanol–water partition coefficient (Wildman–Crippen LogP) is 4.25. The van der Waals surface area contributed by atoms with E-state index in [1.807, 2.05) is 6.07 Å². The highest BCUT2D eigenvalue weighted by Crippen LogP contribution is 2.28. The van der Waals surface area contributed by atoms with Crippen LogP contribution in [0, 0.1) is 10.1 Å². The Morgan fingerprint density at radius 1 is 1.05 bits per heavy atom. The smallest absolute Gasteiger partial charge is 0.343 e. The molecule has 0 radical (unpaired) electrons. The van der Waals surface area contributed by atoms with Crippen molar-refractivity contribution < 1.29 is 28.8 Å². The molecule has 0 atom stereocenters. The van der Waals surface area contributed by atoms with E-state index in [0.717, 1.165) is 6.07 Å². The summed E-state index contributed by atoms with van der Waals surface area (Å²) in [6.07, 6.45) is 1.97. The molecule has 3 aromatic rings. The van der Waals surface area contributed by atoms with Crippen molar-refractivity contribution in [3.63, 3.8) is 0 Å². The summed E-state index contributed by atoms with van der Waals surface area (Å²) in [4.78, 5) is 46.9. The van der Waals surface area contributed by atoms with Crippen molar-refractivity contribution >= 4 is 45.6 Å². The second kappa shape index (κ2) is 13.7. The van der Waals surface area contributed by atoms with E-state index in [2.05, 4.69) is 31.8 Å². The van der Waals surface area contributed by atoms with E-state index in [1.165, 1.54) is 37.6 Å². The number of nitro benzene ring substituents is 1. The maximum Gasteiger partial charge on any atom is 0.343 e. The minimum absolute atomic E-state index is 0.0158. The molecule has 196 valence electrons. The van der Waals surface area contributed by atoms with E-state index >= 15 is 0 Å². The number of hydrogen-bond donors (Lipinski definition) is 2. The van der Waals surface area contributed by atoms with Crippen LogP contribution in [0.1, 0.15) is 39.1 Å². The van der Waals surface area contributed by atoms with Crippen LogP contribution in [0.25, 0.3) is 0 Å². The predicted molar refractivity (Wildman–Crippen MR) is 142 cm³/mol. The Labute approximate surface area is 226 Å². The number of amides is 2. The Balaban J connectivity index is 1.48. The van der Waals surface area contributed by atoms with Crippen LogP contribution >= 0.6 is 15.9 Å². The maximum absolute atomic E-state index is 12.4. The molecule has 3 rings (SSSR count). The number of carbonyl (C=O) groups excluding carboxylic acids is 3. The summed E-state index contributed by atoms with van der Waals surface area (Å²) < 4.78 is 11.3. The molecular formula is C26H23BrN4O7. The number of rotatable bonds is 11. The summed E-state index contributed by atoms with van der Waals surface area (Å²) in [6.45, 7) is 0.324. The summed E-state index contributed by atoms with van der Waals surface area (Å²) in [5, 5.41) is 17.6. The third kappa shape index (κ3) is 7.96. The average molecular weight is 583 g/mol. The Bertz CT molecular complexity index is 1380. The van der Waals surface area contributed by atoms with Gasteiger partial charge in [-0.05, 0) is 64.3 Å². The van der Waals surface area contributed by atoms with Crippen LogP contribution in [0.4, 0.5) is 5.69 Å². The first kappa shape index (κ1) is 28.0. The topological polar surface area (TPSA) is 149 Å². The number of methoxy groups -OCH3 is 1. The summed E-state index contributed by atoms with van der Waals surface area (Å²) in [6, 6.07) is 16.8. The number of nitrogens with one attached hydrogen (secondary N) is 2. The molecule has 0 aliphatic rings. The number of carbonyl (C=O) groups is 3. The van der Waals surface area contributed by atoms with E-state index in [-0.39, 0.29) is 41.0 Å². The Morgan fingerprint density at radius 2 is 1.84 bits per heavy atom. The fraction of sp³-hybridized carbons (Fsp3) is 0.154. The number of benzene rings is 3. The quantitative estimate of drug-likeness (QED) is 0.0856. The molecule has 0 saturated heterocycles. The van der Waals surface area contributed by atoms with E-state index in [0.29, 0.717) is 28.6 Å². The summed E-state index contributed by atoms with van der Waals surface area (Å²) in [5.74, 6) is -1.02. The third-order valence-corrected chi connectivity index (χ3v) is 5.76. The van der Waals surface area contributed by atoms with Crippen LogP contribution < -0.4 is 20.2 Å². The molecule has 3 aromatic carbocycles. The van der Waals surface area contributed by atoms with Gasteiger partial charge in [0.1, 0.15) is 0 Å². The zero-order valence-corrected chi connectivity index (χ0v) is 21.8. The number of non-ortho nitro benzene ring substituents is 1. The SMILES string of the molecule is COc1cc(C=NNC(=O)CCCNC(=O)c2ccccc2Br)ccc1OC(=O)c1cccc([N+](=O)[O-])c1. The highest BCUT2D eigenvalue weighted by atomic mass is 79.9. The van der Waals surface area contributed by atoms with Crippen molar-refractivity contribution in [1.82, 2.24) is 10.7 Å². The van der Waals surface area contributed by atoms with Crippen LogP contribution in [0.5, 0.6) is 11.5 Å². The van der Waals surface area contributed by atoms with Crippen LogP contribution in [0.2, 0.25) is 0 Å². The zero-order chi connectivity index (χ0) is 27.5. The van der Waals surface area contributed by atoms with Crippen molar-refractivity contribution in [2.75, 3.05) is 13.7 Å². The fourth-order valence-corrected chi connectivity index (χ4v) is 3.65. The van der Waals surface area contributed by atoms with Crippen molar-refractivity contribution in [1.29, 1.82) is 0 Å². The summed E-state index contributed by atoms with van der Waals surface area (Å²) in [5.41, 5.74) is 3.26. The molecular weight excluding hydrogens is 560 g/mol. The monoisotopic (exact) mass is 582 g/mol. The molecule has 12 heteroatoms. The van der Waals surface area contributed by atoms with Crippen LogP contribution in [0.3, 0.4) is 0 Å². The molecule has 0 fully saturated rings. The first-order valence-corrected chi connectivity index (χ1v) is 12.1. The average Bonchev–Trinajstić information content (AvgIpc) is 2.92. The first-order valence-electron chi connectivity index (χ1n) is 11.3.